The number of amides is 8. The van der Waals surface area contributed by atoms with Gasteiger partial charge in [-0.3, -0.25) is 33.6 Å². The van der Waals surface area contributed by atoms with Crippen molar-refractivity contribution < 1.29 is 103 Å². The SMILES string of the molecule is Cc1c(N)nc([C@H](CC(N)=O)NC[C@H](N)C(N)=O)nc1C(=O)N[C@H](C(=O)N[C@H](C)[C@@H](O)[C@H](C)C(=O)NC(C(=O)NCCc1nc(-c2nc(C(=O)NCCCNCCCCN)cs2)cs1)[C@@H](C)O)[C@@H](O[C@@H]1O[C@@H](CO)[C@@H](O)[C@H](O)[C@@H]1O[C@@H]1O[C@H](CO)[C@@H](O)[C@H](OC(N)=O)[C@@H]1O)c1cnc[nH]1. The summed E-state index contributed by atoms with van der Waals surface area (Å²) in [4.78, 5) is 131. The van der Waals surface area contributed by atoms with Crippen LogP contribution in [0, 0.1) is 12.8 Å². The van der Waals surface area contributed by atoms with E-state index in [0.29, 0.717) is 28.8 Å². The number of imidazole rings is 1. The largest absolute Gasteiger partial charge is 0.441 e. The summed E-state index contributed by atoms with van der Waals surface area (Å²) in [5.74, 6) is -8.74. The van der Waals surface area contributed by atoms with Gasteiger partial charge in [0, 0.05) is 48.8 Å². The van der Waals surface area contributed by atoms with E-state index in [4.69, 9.17) is 58.1 Å². The third-order valence-corrected chi connectivity index (χ3v) is 17.7. The number of nitrogen functional groups attached to an aromatic ring is 1. The molecule has 1 unspecified atom stereocenters. The lowest BCUT2D eigenvalue weighted by molar-refractivity contribution is -0.372. The lowest BCUT2D eigenvalue weighted by Gasteiger charge is -2.47. The van der Waals surface area contributed by atoms with Crippen molar-refractivity contribution in [2.75, 3.05) is 58.2 Å². The highest BCUT2D eigenvalue weighted by Gasteiger charge is 2.54. The number of aromatic amines is 1. The van der Waals surface area contributed by atoms with Crippen LogP contribution in [-0.4, -0.2) is 268 Å². The van der Waals surface area contributed by atoms with Gasteiger partial charge < -0.3 is 141 Å². The van der Waals surface area contributed by atoms with E-state index in [0.717, 1.165) is 44.9 Å². The Bertz CT molecular complexity index is 3320. The van der Waals surface area contributed by atoms with Gasteiger partial charge in [0.05, 0.1) is 72.7 Å². The zero-order valence-corrected chi connectivity index (χ0v) is 56.0. The number of aliphatic hydroxyl groups excluding tert-OH is 8. The predicted octanol–water partition coefficient (Wildman–Crippen LogP) is -8.25. The van der Waals surface area contributed by atoms with Gasteiger partial charge in [0.25, 0.3) is 11.8 Å². The molecular formula is C57H89N19O21S2. The number of primary amides is 3. The molecule has 6 heterocycles. The van der Waals surface area contributed by atoms with Gasteiger partial charge in [-0.25, -0.2) is 29.7 Å². The van der Waals surface area contributed by atoms with Gasteiger partial charge >= 0.3 is 6.09 Å². The maximum absolute atomic E-state index is 15.2. The molecular weight excluding hydrogens is 1350 g/mol. The highest BCUT2D eigenvalue weighted by molar-refractivity contribution is 7.14. The third kappa shape index (κ3) is 22.1. The van der Waals surface area contributed by atoms with Crippen LogP contribution in [0.15, 0.2) is 23.3 Å². The normalized spacial score (nSPS) is 23.6. The van der Waals surface area contributed by atoms with Crippen LogP contribution in [0.4, 0.5) is 10.6 Å². The number of nitrogens with zero attached hydrogens (tertiary/aromatic N) is 5. The summed E-state index contributed by atoms with van der Waals surface area (Å²) >= 11 is 2.50. The Morgan fingerprint density at radius 1 is 0.747 bits per heavy atom. The molecule has 28 N–H and O–H groups in total. The van der Waals surface area contributed by atoms with E-state index in [1.54, 1.807) is 10.8 Å². The van der Waals surface area contributed by atoms with Crippen molar-refractivity contribution in [3.63, 3.8) is 0 Å². The topological polar surface area (TPSA) is 665 Å². The molecule has 2 aliphatic heterocycles. The van der Waals surface area contributed by atoms with Crippen LogP contribution in [0.2, 0.25) is 0 Å². The summed E-state index contributed by atoms with van der Waals surface area (Å²) in [6, 6.07) is -7.87. The number of ether oxygens (including phenoxy) is 5. The summed E-state index contributed by atoms with van der Waals surface area (Å²) in [5.41, 5.74) is 33.6. The minimum atomic E-state index is -2.20. The Balaban J connectivity index is 1.23. The lowest BCUT2D eigenvalue weighted by Crippen LogP contribution is -2.65. The van der Waals surface area contributed by atoms with E-state index in [9.17, 15) is 74.4 Å². The smallest absolute Gasteiger partial charge is 0.404 e. The van der Waals surface area contributed by atoms with Gasteiger partial charge in [0.1, 0.15) is 94.6 Å². The standard InChI is InChI=1S/C57H89N19O21S2/c1-22-35(73-48(76-46(22)61)27(14-33(60)80)68-15-26(59)47(62)86)52(90)75-37(43(28-16-65-21-69-28)95-56-45(41(84)39(82)31(17-77)94-56)96-55-42(85)44(97-57(63)92)40(83)32(18-78)93-55)53(91)70-24(3)38(81)23(2)49(87)74-36(25(4)79)51(89)67-13-8-34-71-30(20-98-34)54-72-29(19-99-54)50(88)66-12-7-11-64-10-6-5-9-58/h16,19-21,23-27,31-32,36-45,55-56,64,68,77-79,81-85H,5-15,17-18,58-59H2,1-4H3,(H2,60,80)(H2,62,86)(H2,63,92)(H,65,69)(H,66,88)(H,67,89)(H,70,91)(H,74,87)(H,75,90)(H2,61,73,76)/t23-,24+,25+,26-,27-,31-,32+,36?,37-,38-,39+,40+,41-,42-,43-,44-,45-,55-,56-/m0/s1. The Kier molecular flexibility index (Phi) is 30.9. The maximum atomic E-state index is 15.2. The second-order valence-corrected chi connectivity index (χ2v) is 25.2. The number of hydrogen-bond donors (Lipinski definition) is 22. The molecule has 6 rings (SSSR count). The fourth-order valence-corrected chi connectivity index (χ4v) is 11.8. The number of aromatic nitrogens is 6. The van der Waals surface area contributed by atoms with Gasteiger partial charge in [-0.2, -0.15) is 0 Å². The van der Waals surface area contributed by atoms with Gasteiger partial charge in [-0.05, 0) is 59.7 Å². The van der Waals surface area contributed by atoms with Gasteiger partial charge in [-0.1, -0.05) is 6.92 Å². The van der Waals surface area contributed by atoms with E-state index in [-0.39, 0.29) is 54.0 Å². The molecule has 0 aromatic carbocycles. The molecule has 0 aliphatic carbocycles. The van der Waals surface area contributed by atoms with Crippen molar-refractivity contribution in [3.8, 4) is 10.7 Å². The highest BCUT2D eigenvalue weighted by Crippen LogP contribution is 2.35. The molecule has 0 bridgehead atoms. The fraction of sp³-hybridized carbons (Fsp3) is 0.632. The van der Waals surface area contributed by atoms with Crippen LogP contribution in [0.3, 0.4) is 0 Å². The number of nitrogens with two attached hydrogens (primary N) is 6. The number of hydrogen-bond acceptors (Lipinski definition) is 33. The van der Waals surface area contributed by atoms with Crippen molar-refractivity contribution >= 4 is 75.9 Å². The summed E-state index contributed by atoms with van der Waals surface area (Å²) in [5, 5.41) is 111. The molecule has 2 saturated heterocycles. The first-order chi connectivity index (χ1) is 47.0. The average molecular weight is 1440 g/mol. The van der Waals surface area contributed by atoms with Gasteiger partial charge in [0.15, 0.2) is 18.7 Å². The molecule has 0 spiro atoms. The molecule has 42 heteroatoms. The van der Waals surface area contributed by atoms with Crippen LogP contribution in [-0.2, 0) is 54.1 Å². The monoisotopic (exact) mass is 1440 g/mol. The van der Waals surface area contributed by atoms with Gasteiger partial charge in [-0.15, -0.1) is 22.7 Å². The Morgan fingerprint density at radius 2 is 1.44 bits per heavy atom. The van der Waals surface area contributed by atoms with Crippen LogP contribution < -0.4 is 71.6 Å². The quantitative estimate of drug-likeness (QED) is 0.0185. The molecule has 4 aromatic rings. The van der Waals surface area contributed by atoms with Crippen LogP contribution in [0.1, 0.15) is 102 Å². The number of nitrogens with one attached hydrogen (secondary N) is 8. The van der Waals surface area contributed by atoms with Crippen molar-refractivity contribution in [2.45, 2.75) is 170 Å². The second kappa shape index (κ2) is 38.2. The zero-order valence-electron chi connectivity index (χ0n) is 54.4. The number of carbonyl (C=O) groups is 8. The molecule has 99 heavy (non-hydrogen) atoms. The predicted molar refractivity (Wildman–Crippen MR) is 346 cm³/mol. The number of rotatable bonds is 39. The van der Waals surface area contributed by atoms with Crippen LogP contribution in [0.5, 0.6) is 0 Å². The Hall–Kier alpha value is -7.73. The number of aliphatic hydroxyl groups is 8. The van der Waals surface area contributed by atoms with Crippen molar-refractivity contribution in [2.24, 2.45) is 34.6 Å². The van der Waals surface area contributed by atoms with Crippen molar-refractivity contribution in [1.82, 2.24) is 67.1 Å². The van der Waals surface area contributed by atoms with E-state index in [2.05, 4.69) is 67.1 Å². The first kappa shape index (κ1) is 80.2. The Morgan fingerprint density at radius 3 is 2.09 bits per heavy atom. The molecule has 19 atom stereocenters. The van der Waals surface area contributed by atoms with Gasteiger partial charge in [0.2, 0.25) is 29.5 Å². The fourth-order valence-electron chi connectivity index (χ4n) is 10.2. The second-order valence-electron chi connectivity index (χ2n) is 23.4. The summed E-state index contributed by atoms with van der Waals surface area (Å²) in [6.45, 7) is 5.29. The summed E-state index contributed by atoms with van der Waals surface area (Å²) < 4.78 is 28.7. The van der Waals surface area contributed by atoms with E-state index >= 15 is 4.79 Å². The highest BCUT2D eigenvalue weighted by atomic mass is 32.1. The Labute approximate surface area is 573 Å². The maximum Gasteiger partial charge on any atom is 0.404 e. The lowest BCUT2D eigenvalue weighted by atomic mass is 9.96. The molecule has 8 amide bonds. The minimum Gasteiger partial charge on any atom is -0.441 e. The number of unbranched alkanes of at least 4 members (excludes halogenated alkanes) is 1. The number of H-pyrrole nitrogens is 1. The van der Waals surface area contributed by atoms with E-state index in [1.165, 1.54) is 50.4 Å². The average Bonchev–Trinajstić information content (AvgIpc) is 1.07. The number of thiazole rings is 2. The van der Waals surface area contributed by atoms with Crippen LogP contribution in [0.25, 0.3) is 10.7 Å². The first-order valence-corrected chi connectivity index (χ1v) is 33.1. The summed E-state index contributed by atoms with van der Waals surface area (Å²) in [6.07, 6.45) is -22.5. The van der Waals surface area contributed by atoms with E-state index in [1.807, 2.05) is 0 Å². The molecule has 550 valence electrons. The minimum absolute atomic E-state index is 0.0140. The molecule has 40 nitrogen and oxygen atoms in total. The zero-order chi connectivity index (χ0) is 72.9. The van der Waals surface area contributed by atoms with Crippen molar-refractivity contribution in [1.29, 1.82) is 0 Å². The molecule has 0 radical (unpaired) electrons. The number of carbonyl (C=O) groups excluding carboxylic acids is 8. The van der Waals surface area contributed by atoms with Crippen LogP contribution >= 0.6 is 22.7 Å². The summed E-state index contributed by atoms with van der Waals surface area (Å²) in [7, 11) is 0. The number of anilines is 1. The third-order valence-electron chi connectivity index (χ3n) is 15.9. The molecule has 0 saturated carbocycles. The molecule has 4 aromatic heterocycles. The molecule has 2 fully saturated rings. The molecule has 2 aliphatic rings. The first-order valence-electron chi connectivity index (χ1n) is 31.4. The van der Waals surface area contributed by atoms with E-state index < -0.39 is 183 Å². The van der Waals surface area contributed by atoms with Crippen molar-refractivity contribution in [3.05, 3.63) is 56.8 Å².